The minimum absolute atomic E-state index is 0.0779. The van der Waals surface area contributed by atoms with Crippen LogP contribution in [0, 0.1) is 0 Å². The van der Waals surface area contributed by atoms with Crippen LogP contribution in [0.4, 0.5) is 11.4 Å². The second-order valence-corrected chi connectivity index (χ2v) is 10.3. The highest BCUT2D eigenvalue weighted by Crippen LogP contribution is 2.28. The monoisotopic (exact) mass is 446 g/mol. The van der Waals surface area contributed by atoms with Crippen LogP contribution in [-0.2, 0) is 20.1 Å². The molecular formula is C17H22N2O6S3. The van der Waals surface area contributed by atoms with Crippen LogP contribution in [0.5, 0.6) is 0 Å². The summed E-state index contributed by atoms with van der Waals surface area (Å²) in [5.41, 5.74) is 0.210. The van der Waals surface area contributed by atoms with Gasteiger partial charge in [-0.05, 0) is 36.8 Å². The van der Waals surface area contributed by atoms with Crippen molar-refractivity contribution < 1.29 is 26.5 Å². The van der Waals surface area contributed by atoms with Crippen molar-refractivity contribution in [2.24, 2.45) is 0 Å². The van der Waals surface area contributed by atoms with Crippen LogP contribution in [0.1, 0.15) is 6.42 Å². The first-order valence-electron chi connectivity index (χ1n) is 8.23. The second kappa shape index (κ2) is 9.61. The summed E-state index contributed by atoms with van der Waals surface area (Å²) in [6, 6.07) is 13.3. The lowest BCUT2D eigenvalue weighted by Gasteiger charge is -2.21. The van der Waals surface area contributed by atoms with Crippen molar-refractivity contribution in [3.8, 4) is 0 Å². The molecule has 1 atom stereocenters. The van der Waals surface area contributed by atoms with Crippen molar-refractivity contribution in [3.05, 3.63) is 48.5 Å². The van der Waals surface area contributed by atoms with E-state index in [9.17, 15) is 21.9 Å². The highest BCUT2D eigenvalue weighted by Gasteiger charge is 2.18. The van der Waals surface area contributed by atoms with E-state index in [0.717, 1.165) is 17.2 Å². The Kier molecular flexibility index (Phi) is 7.72. The molecule has 0 heterocycles. The summed E-state index contributed by atoms with van der Waals surface area (Å²) in [6.07, 6.45) is 1.40. The molecular weight excluding hydrogens is 424 g/mol. The van der Waals surface area contributed by atoms with E-state index < -0.39 is 20.1 Å². The largest absolute Gasteiger partial charge is 0.396 e. The fraction of sp³-hybridized carbons (Fsp3) is 0.294. The molecule has 0 aromatic heterocycles. The Labute approximate surface area is 169 Å². The number of rotatable bonds is 10. The van der Waals surface area contributed by atoms with E-state index in [0.29, 0.717) is 12.2 Å². The number of thioether (sulfide) groups is 1. The van der Waals surface area contributed by atoms with Crippen LogP contribution < -0.4 is 10.0 Å². The molecule has 11 heteroatoms. The normalized spacial score (nSPS) is 13.1. The molecule has 0 saturated carbocycles. The van der Waals surface area contributed by atoms with Crippen molar-refractivity contribution in [2.75, 3.05) is 28.7 Å². The fourth-order valence-corrected chi connectivity index (χ4v) is 4.73. The molecule has 1 unspecified atom stereocenters. The molecule has 0 spiro atoms. The molecule has 2 aromatic rings. The number of anilines is 2. The zero-order chi connectivity index (χ0) is 20.8. The lowest BCUT2D eigenvalue weighted by atomic mass is 10.2. The third kappa shape index (κ3) is 7.32. The third-order valence-electron chi connectivity index (χ3n) is 3.66. The standard InChI is InChI=1S/C17H22N2O6S3/c1-27(21,22)17-11-13(19-28(23,24)25)7-8-16(17)18-14(9-10-20)12-26-15-5-3-2-4-6-15/h2-8,11,14,18-20H,9-10,12H2,1H3,(H,23,24,25). The fourth-order valence-electron chi connectivity index (χ4n) is 2.45. The van der Waals surface area contributed by atoms with Gasteiger partial charge in [0.15, 0.2) is 9.84 Å². The van der Waals surface area contributed by atoms with Gasteiger partial charge in [0.1, 0.15) is 0 Å². The Bertz CT molecular complexity index is 995. The quantitative estimate of drug-likeness (QED) is 0.323. The average Bonchev–Trinajstić information content (AvgIpc) is 2.60. The molecule has 2 aromatic carbocycles. The highest BCUT2D eigenvalue weighted by molar-refractivity contribution is 7.99. The number of aliphatic hydroxyl groups excluding tert-OH is 1. The van der Waals surface area contributed by atoms with Gasteiger partial charge < -0.3 is 10.4 Å². The van der Waals surface area contributed by atoms with Crippen LogP contribution in [-0.4, -0.2) is 51.2 Å². The lowest BCUT2D eigenvalue weighted by Crippen LogP contribution is -2.25. The summed E-state index contributed by atoms with van der Waals surface area (Å²) in [4.78, 5) is 0.928. The maximum atomic E-state index is 12.2. The summed E-state index contributed by atoms with van der Waals surface area (Å²) in [6.45, 7) is -0.0797. The summed E-state index contributed by atoms with van der Waals surface area (Å²) in [5, 5.41) is 12.5. The number of hydrogen-bond donors (Lipinski definition) is 4. The van der Waals surface area contributed by atoms with E-state index in [4.69, 9.17) is 4.55 Å². The van der Waals surface area contributed by atoms with E-state index in [1.54, 1.807) is 11.8 Å². The first-order valence-corrected chi connectivity index (χ1v) is 12.5. The minimum Gasteiger partial charge on any atom is -0.396 e. The van der Waals surface area contributed by atoms with Gasteiger partial charge in [0.2, 0.25) is 0 Å². The first kappa shape index (κ1) is 22.5. The molecule has 0 radical (unpaired) electrons. The van der Waals surface area contributed by atoms with Crippen molar-refractivity contribution in [1.29, 1.82) is 0 Å². The molecule has 154 valence electrons. The molecule has 0 bridgehead atoms. The van der Waals surface area contributed by atoms with Crippen LogP contribution in [0.25, 0.3) is 0 Å². The average molecular weight is 447 g/mol. The molecule has 28 heavy (non-hydrogen) atoms. The maximum absolute atomic E-state index is 12.2. The Hall–Kier alpha value is -1.79. The van der Waals surface area contributed by atoms with Gasteiger partial charge in [0.25, 0.3) is 0 Å². The van der Waals surface area contributed by atoms with E-state index >= 15 is 0 Å². The van der Waals surface area contributed by atoms with Gasteiger partial charge in [-0.1, -0.05) is 18.2 Å². The Balaban J connectivity index is 2.25. The van der Waals surface area contributed by atoms with Gasteiger partial charge in [-0.15, -0.1) is 11.8 Å². The van der Waals surface area contributed by atoms with Crippen molar-refractivity contribution in [3.63, 3.8) is 0 Å². The maximum Gasteiger partial charge on any atom is 0.357 e. The Morgan fingerprint density at radius 1 is 1.07 bits per heavy atom. The molecule has 4 N–H and O–H groups in total. The molecule has 0 aliphatic carbocycles. The minimum atomic E-state index is -4.52. The first-order chi connectivity index (χ1) is 13.1. The SMILES string of the molecule is CS(=O)(=O)c1cc(NS(=O)(=O)O)ccc1NC(CCO)CSc1ccccc1. The van der Waals surface area contributed by atoms with E-state index in [1.807, 2.05) is 35.1 Å². The summed E-state index contributed by atoms with van der Waals surface area (Å²) < 4.78 is 57.0. The summed E-state index contributed by atoms with van der Waals surface area (Å²) in [5.74, 6) is 0.582. The summed E-state index contributed by atoms with van der Waals surface area (Å²) >= 11 is 1.56. The molecule has 0 aliphatic heterocycles. The molecule has 2 rings (SSSR count). The summed E-state index contributed by atoms with van der Waals surface area (Å²) in [7, 11) is -8.21. The van der Waals surface area contributed by atoms with Gasteiger partial charge in [0, 0.05) is 29.6 Å². The zero-order valence-electron chi connectivity index (χ0n) is 15.1. The number of aliphatic hydroxyl groups is 1. The highest BCUT2D eigenvalue weighted by atomic mass is 32.2. The lowest BCUT2D eigenvalue weighted by molar-refractivity contribution is 0.282. The molecule has 0 aliphatic rings. The molecule has 8 nitrogen and oxygen atoms in total. The second-order valence-electron chi connectivity index (χ2n) is 6.04. The number of sulfone groups is 1. The van der Waals surface area contributed by atoms with Crippen LogP contribution in [0.15, 0.2) is 58.3 Å². The number of hydrogen-bond acceptors (Lipinski definition) is 7. The molecule has 0 fully saturated rings. The van der Waals surface area contributed by atoms with Gasteiger partial charge in [-0.2, -0.15) is 8.42 Å². The van der Waals surface area contributed by atoms with Gasteiger partial charge in [-0.3, -0.25) is 9.27 Å². The van der Waals surface area contributed by atoms with Crippen LogP contribution >= 0.6 is 11.8 Å². The van der Waals surface area contributed by atoms with Crippen molar-refractivity contribution in [2.45, 2.75) is 22.3 Å². The molecule has 0 amide bonds. The van der Waals surface area contributed by atoms with E-state index in [2.05, 4.69) is 5.32 Å². The van der Waals surface area contributed by atoms with Gasteiger partial charge >= 0.3 is 10.3 Å². The molecule has 0 saturated heterocycles. The van der Waals surface area contributed by atoms with Crippen molar-refractivity contribution in [1.82, 2.24) is 0 Å². The van der Waals surface area contributed by atoms with Gasteiger partial charge in [-0.25, -0.2) is 8.42 Å². The zero-order valence-corrected chi connectivity index (χ0v) is 17.5. The predicted octanol–water partition coefficient (Wildman–Crippen LogP) is 2.26. The number of benzene rings is 2. The Morgan fingerprint density at radius 3 is 2.32 bits per heavy atom. The van der Waals surface area contributed by atoms with Crippen molar-refractivity contribution >= 4 is 43.3 Å². The third-order valence-corrected chi connectivity index (χ3v) is 6.46. The van der Waals surface area contributed by atoms with Gasteiger partial charge in [0.05, 0.1) is 16.3 Å². The predicted molar refractivity (Wildman–Crippen MR) is 111 cm³/mol. The smallest absolute Gasteiger partial charge is 0.357 e. The van der Waals surface area contributed by atoms with Crippen LogP contribution in [0.3, 0.4) is 0 Å². The van der Waals surface area contributed by atoms with E-state index in [-0.39, 0.29) is 28.9 Å². The van der Waals surface area contributed by atoms with E-state index in [1.165, 1.54) is 12.1 Å². The van der Waals surface area contributed by atoms with Crippen LogP contribution in [0.2, 0.25) is 0 Å². The topological polar surface area (TPSA) is 133 Å². The number of nitrogens with one attached hydrogen (secondary N) is 2. The Morgan fingerprint density at radius 2 is 1.75 bits per heavy atom.